The van der Waals surface area contributed by atoms with E-state index in [1.165, 1.54) is 0 Å². The molecule has 2 aromatic carbocycles. The summed E-state index contributed by atoms with van der Waals surface area (Å²) in [6.45, 7) is 3.69. The van der Waals surface area contributed by atoms with Crippen molar-refractivity contribution in [1.29, 1.82) is 0 Å². The fraction of sp³-hybridized carbons (Fsp3) is 0.273. The number of hydrogen-bond donors (Lipinski definition) is 3. The average molecular weight is 408 g/mol. The molecule has 0 bridgehead atoms. The van der Waals surface area contributed by atoms with Crippen LogP contribution >= 0.6 is 0 Å². The van der Waals surface area contributed by atoms with E-state index in [9.17, 15) is 19.2 Å². The fourth-order valence-corrected chi connectivity index (χ4v) is 2.97. The van der Waals surface area contributed by atoms with Crippen molar-refractivity contribution < 1.29 is 9.59 Å². The van der Waals surface area contributed by atoms with Crippen LogP contribution in [0.1, 0.15) is 36.2 Å². The van der Waals surface area contributed by atoms with Crippen LogP contribution in [-0.2, 0) is 17.9 Å². The maximum atomic E-state index is 12.5. The van der Waals surface area contributed by atoms with E-state index in [4.69, 9.17) is 0 Å². The first-order valence-electron chi connectivity index (χ1n) is 9.77. The van der Waals surface area contributed by atoms with Gasteiger partial charge in [0.2, 0.25) is 5.91 Å². The van der Waals surface area contributed by atoms with Crippen LogP contribution in [0.25, 0.3) is 10.9 Å². The van der Waals surface area contributed by atoms with Crippen LogP contribution in [0, 0.1) is 0 Å². The Balaban J connectivity index is 1.68. The molecule has 0 radical (unpaired) electrons. The zero-order valence-electron chi connectivity index (χ0n) is 16.9. The molecule has 0 aliphatic rings. The molecule has 0 aliphatic heterocycles. The molecule has 30 heavy (non-hydrogen) atoms. The van der Waals surface area contributed by atoms with Gasteiger partial charge in [0.05, 0.1) is 10.9 Å². The van der Waals surface area contributed by atoms with Crippen molar-refractivity contribution in [2.45, 2.75) is 39.4 Å². The molecule has 3 N–H and O–H groups in total. The second kappa shape index (κ2) is 9.21. The Morgan fingerprint density at radius 3 is 2.63 bits per heavy atom. The fourth-order valence-electron chi connectivity index (χ4n) is 2.97. The maximum Gasteiger partial charge on any atom is 0.329 e. The molecule has 1 unspecified atom stereocenters. The zero-order chi connectivity index (χ0) is 21.7. The number of fused-ring (bicyclic) bond motifs is 1. The number of aromatic nitrogens is 2. The van der Waals surface area contributed by atoms with Crippen molar-refractivity contribution in [3.05, 3.63) is 80.5 Å². The Bertz CT molecular complexity index is 1200. The third-order valence-electron chi connectivity index (χ3n) is 4.86. The molecule has 0 saturated heterocycles. The lowest BCUT2D eigenvalue weighted by Gasteiger charge is -2.12. The predicted molar refractivity (Wildman–Crippen MR) is 114 cm³/mol. The van der Waals surface area contributed by atoms with Gasteiger partial charge in [0.1, 0.15) is 6.54 Å². The van der Waals surface area contributed by atoms with E-state index >= 15 is 0 Å². The molecule has 3 rings (SSSR count). The molecular formula is C22H24N4O4. The lowest BCUT2D eigenvalue weighted by Crippen LogP contribution is -2.40. The topological polar surface area (TPSA) is 113 Å². The summed E-state index contributed by atoms with van der Waals surface area (Å²) in [6, 6.07) is 13.6. The SMILES string of the molecule is CCC(C)NC(=O)c1cccc(CNC(=O)Cn2c(=O)[nH]c3ccccc3c2=O)c1. The number of carbonyl (C=O) groups excluding carboxylic acids is 2. The Kier molecular flexibility index (Phi) is 6.46. The molecule has 1 aromatic heterocycles. The summed E-state index contributed by atoms with van der Waals surface area (Å²) in [5, 5.41) is 5.92. The van der Waals surface area contributed by atoms with Gasteiger partial charge in [-0.15, -0.1) is 0 Å². The van der Waals surface area contributed by atoms with Crippen LogP contribution in [0.2, 0.25) is 0 Å². The van der Waals surface area contributed by atoms with Gasteiger partial charge in [-0.25, -0.2) is 4.79 Å². The number of nitrogens with zero attached hydrogens (tertiary/aromatic N) is 1. The van der Waals surface area contributed by atoms with Gasteiger partial charge in [-0.1, -0.05) is 31.2 Å². The van der Waals surface area contributed by atoms with Crippen molar-refractivity contribution in [1.82, 2.24) is 20.2 Å². The van der Waals surface area contributed by atoms with Crippen LogP contribution < -0.4 is 21.9 Å². The molecule has 1 atom stereocenters. The van der Waals surface area contributed by atoms with Crippen LogP contribution in [0.5, 0.6) is 0 Å². The summed E-state index contributed by atoms with van der Waals surface area (Å²) in [6.07, 6.45) is 0.828. The van der Waals surface area contributed by atoms with Gasteiger partial charge in [0, 0.05) is 18.2 Å². The van der Waals surface area contributed by atoms with Crippen LogP contribution in [0.4, 0.5) is 0 Å². The van der Waals surface area contributed by atoms with Gasteiger partial charge in [0.15, 0.2) is 0 Å². The normalized spacial score (nSPS) is 11.8. The Labute approximate surface area is 172 Å². The minimum absolute atomic E-state index is 0.0687. The van der Waals surface area contributed by atoms with Crippen molar-refractivity contribution in [2.75, 3.05) is 0 Å². The first kappa shape index (κ1) is 21.0. The standard InChI is InChI=1S/C22H24N4O4/c1-3-14(2)24-20(28)16-8-6-7-15(11-16)12-23-19(27)13-26-21(29)17-9-4-5-10-18(17)25-22(26)30/h4-11,14H,3,12-13H2,1-2H3,(H,23,27)(H,24,28)(H,25,30). The Morgan fingerprint density at radius 1 is 1.10 bits per heavy atom. The Morgan fingerprint density at radius 2 is 1.87 bits per heavy atom. The van der Waals surface area contributed by atoms with Crippen molar-refractivity contribution in [2.24, 2.45) is 0 Å². The van der Waals surface area contributed by atoms with E-state index in [-0.39, 0.29) is 18.5 Å². The number of nitrogens with one attached hydrogen (secondary N) is 3. The quantitative estimate of drug-likeness (QED) is 0.550. The van der Waals surface area contributed by atoms with E-state index in [1.54, 1.807) is 48.5 Å². The largest absolute Gasteiger partial charge is 0.350 e. The second-order valence-corrected chi connectivity index (χ2v) is 7.13. The van der Waals surface area contributed by atoms with E-state index in [2.05, 4.69) is 15.6 Å². The van der Waals surface area contributed by atoms with Crippen molar-refractivity contribution in [3.63, 3.8) is 0 Å². The summed E-state index contributed by atoms with van der Waals surface area (Å²) in [7, 11) is 0. The summed E-state index contributed by atoms with van der Waals surface area (Å²) < 4.78 is 0.869. The maximum absolute atomic E-state index is 12.5. The molecule has 2 amide bonds. The molecule has 8 nitrogen and oxygen atoms in total. The first-order valence-corrected chi connectivity index (χ1v) is 9.77. The number of rotatable bonds is 7. The molecule has 0 aliphatic carbocycles. The molecule has 8 heteroatoms. The van der Waals surface area contributed by atoms with Gasteiger partial charge < -0.3 is 15.6 Å². The molecule has 0 saturated carbocycles. The number of H-pyrrole nitrogens is 1. The smallest absolute Gasteiger partial charge is 0.329 e. The van der Waals surface area contributed by atoms with Gasteiger partial charge >= 0.3 is 5.69 Å². The second-order valence-electron chi connectivity index (χ2n) is 7.13. The number of amides is 2. The lowest BCUT2D eigenvalue weighted by molar-refractivity contribution is -0.121. The van der Waals surface area contributed by atoms with Crippen LogP contribution in [0.15, 0.2) is 58.1 Å². The van der Waals surface area contributed by atoms with Crippen LogP contribution in [0.3, 0.4) is 0 Å². The highest BCUT2D eigenvalue weighted by Gasteiger charge is 2.12. The monoisotopic (exact) mass is 408 g/mol. The summed E-state index contributed by atoms with van der Waals surface area (Å²) in [5.74, 6) is -0.654. The number of hydrogen-bond acceptors (Lipinski definition) is 4. The van der Waals surface area contributed by atoms with Gasteiger partial charge in [-0.2, -0.15) is 0 Å². The highest BCUT2D eigenvalue weighted by Crippen LogP contribution is 2.06. The third kappa shape index (κ3) is 4.83. The van der Waals surface area contributed by atoms with Gasteiger partial charge in [-0.3, -0.25) is 19.0 Å². The van der Waals surface area contributed by atoms with Gasteiger partial charge in [-0.05, 0) is 43.2 Å². The lowest BCUT2D eigenvalue weighted by atomic mass is 10.1. The van der Waals surface area contributed by atoms with Gasteiger partial charge in [0.25, 0.3) is 11.5 Å². The van der Waals surface area contributed by atoms with E-state index < -0.39 is 23.7 Å². The number of carbonyl (C=O) groups is 2. The molecule has 1 heterocycles. The first-order chi connectivity index (χ1) is 14.4. The summed E-state index contributed by atoms with van der Waals surface area (Å²) >= 11 is 0. The number of aromatic amines is 1. The predicted octanol–water partition coefficient (Wildman–Crippen LogP) is 1.53. The molecular weight excluding hydrogens is 384 g/mol. The van der Waals surface area contributed by atoms with E-state index in [1.807, 2.05) is 13.8 Å². The molecule has 3 aromatic rings. The number of para-hydroxylation sites is 1. The summed E-state index contributed by atoms with van der Waals surface area (Å²) in [5.41, 5.74) is 0.506. The van der Waals surface area contributed by atoms with Crippen LogP contribution in [-0.4, -0.2) is 27.4 Å². The summed E-state index contributed by atoms with van der Waals surface area (Å²) in [4.78, 5) is 51.9. The highest BCUT2D eigenvalue weighted by atomic mass is 16.2. The molecule has 0 fully saturated rings. The minimum Gasteiger partial charge on any atom is -0.350 e. The highest BCUT2D eigenvalue weighted by molar-refractivity contribution is 5.94. The molecule has 156 valence electrons. The van der Waals surface area contributed by atoms with E-state index in [0.717, 1.165) is 16.6 Å². The minimum atomic E-state index is -0.641. The van der Waals surface area contributed by atoms with Crippen molar-refractivity contribution in [3.8, 4) is 0 Å². The Hall–Kier alpha value is -3.68. The van der Waals surface area contributed by atoms with Crippen molar-refractivity contribution >= 4 is 22.7 Å². The average Bonchev–Trinajstić information content (AvgIpc) is 2.75. The molecule has 0 spiro atoms. The zero-order valence-corrected chi connectivity index (χ0v) is 16.9. The number of benzene rings is 2. The van der Waals surface area contributed by atoms with E-state index in [0.29, 0.717) is 16.5 Å². The third-order valence-corrected chi connectivity index (χ3v) is 4.86.